The zero-order chi connectivity index (χ0) is 22.2. The quantitative estimate of drug-likeness (QED) is 0.0851. The molecule has 0 spiro atoms. The number of guanidine groups is 1. The highest BCUT2D eigenvalue weighted by Crippen LogP contribution is 2.04. The van der Waals surface area contributed by atoms with Crippen LogP contribution in [0.5, 0.6) is 0 Å². The van der Waals surface area contributed by atoms with Crippen molar-refractivity contribution in [3.8, 4) is 0 Å². The summed E-state index contributed by atoms with van der Waals surface area (Å²) in [7, 11) is 0. The number of nitrogen functional groups attached to an aromatic ring is 1. The Morgan fingerprint density at radius 3 is 2.17 bits per heavy atom. The monoisotopic (exact) mass is 423 g/mol. The molecule has 1 aromatic rings. The first kappa shape index (κ1) is 25.1. The van der Waals surface area contributed by atoms with Crippen LogP contribution >= 0.6 is 0 Å². The van der Waals surface area contributed by atoms with E-state index in [-0.39, 0.29) is 17.8 Å². The molecule has 30 heavy (non-hydrogen) atoms. The molecule has 0 radical (unpaired) electrons. The van der Waals surface area contributed by atoms with Gasteiger partial charge in [-0.2, -0.15) is 0 Å². The molecule has 11 nitrogen and oxygen atoms in total. The van der Waals surface area contributed by atoms with Gasteiger partial charge in [0, 0.05) is 30.9 Å². The van der Waals surface area contributed by atoms with E-state index in [0.29, 0.717) is 70.2 Å². The van der Waals surface area contributed by atoms with Crippen molar-refractivity contribution < 1.29 is 19.1 Å². The normalized spacial score (nSPS) is 11.5. The molecule has 1 unspecified atom stereocenters. The summed E-state index contributed by atoms with van der Waals surface area (Å²) in [5.74, 6) is -0.395. The Labute approximate surface area is 176 Å². The zero-order valence-corrected chi connectivity index (χ0v) is 17.1. The molecule has 0 bridgehead atoms. The number of nitrogens with two attached hydrogens (primary N) is 4. The van der Waals surface area contributed by atoms with Crippen molar-refractivity contribution in [2.24, 2.45) is 22.2 Å². The minimum atomic E-state index is -0.606. The van der Waals surface area contributed by atoms with E-state index in [1.807, 2.05) is 0 Å². The number of anilines is 1. The number of nitrogens with zero attached hydrogens (tertiary/aromatic N) is 1. The van der Waals surface area contributed by atoms with Crippen molar-refractivity contribution in [2.45, 2.75) is 18.9 Å². The fraction of sp³-hybridized carbons (Fsp3) is 0.526. The third kappa shape index (κ3) is 11.8. The van der Waals surface area contributed by atoms with Gasteiger partial charge in [0.2, 0.25) is 5.91 Å². The van der Waals surface area contributed by atoms with Crippen LogP contribution in [-0.4, -0.2) is 69.9 Å². The van der Waals surface area contributed by atoms with Crippen LogP contribution in [0.4, 0.5) is 5.69 Å². The van der Waals surface area contributed by atoms with Gasteiger partial charge in [0.05, 0.1) is 32.5 Å². The van der Waals surface area contributed by atoms with E-state index >= 15 is 0 Å². The summed E-state index contributed by atoms with van der Waals surface area (Å²) >= 11 is 0. The van der Waals surface area contributed by atoms with Crippen LogP contribution in [0.15, 0.2) is 29.3 Å². The highest BCUT2D eigenvalue weighted by Gasteiger charge is 2.11. The van der Waals surface area contributed by atoms with E-state index in [1.165, 1.54) is 0 Å². The Morgan fingerprint density at radius 2 is 1.57 bits per heavy atom. The maximum absolute atomic E-state index is 11.9. The molecule has 11 heteroatoms. The number of carbonyl (C=O) groups is 2. The number of hydrogen-bond donors (Lipinski definition) is 6. The maximum Gasteiger partial charge on any atom is 0.251 e. The second-order valence-corrected chi connectivity index (χ2v) is 6.45. The molecule has 0 aliphatic heterocycles. The van der Waals surface area contributed by atoms with Gasteiger partial charge in [0.1, 0.15) is 0 Å². The third-order valence-corrected chi connectivity index (χ3v) is 3.93. The minimum absolute atomic E-state index is 0.0251. The summed E-state index contributed by atoms with van der Waals surface area (Å²) in [6.45, 7) is 2.68. The van der Waals surface area contributed by atoms with Gasteiger partial charge in [0.15, 0.2) is 5.96 Å². The number of benzene rings is 1. The highest BCUT2D eigenvalue weighted by atomic mass is 16.5. The van der Waals surface area contributed by atoms with E-state index in [1.54, 1.807) is 24.3 Å². The summed E-state index contributed by atoms with van der Waals surface area (Å²) in [5.41, 5.74) is 23.0. The van der Waals surface area contributed by atoms with E-state index < -0.39 is 6.04 Å². The molecule has 2 amide bonds. The molecular weight excluding hydrogens is 390 g/mol. The topological polar surface area (TPSA) is 193 Å². The Morgan fingerprint density at radius 1 is 0.967 bits per heavy atom. The SMILES string of the molecule is NC(N)=NCCCC(N)C(=O)NCCOCCOCCNC(=O)c1ccc(N)cc1. The lowest BCUT2D eigenvalue weighted by atomic mass is 10.1. The number of hydrogen-bond acceptors (Lipinski definition) is 7. The summed E-state index contributed by atoms with van der Waals surface area (Å²) in [6, 6.07) is 6.07. The molecule has 0 aromatic heterocycles. The predicted molar refractivity (Wildman–Crippen MR) is 116 cm³/mol. The van der Waals surface area contributed by atoms with Gasteiger partial charge in [-0.15, -0.1) is 0 Å². The Balaban J connectivity index is 1.94. The Hall–Kier alpha value is -2.89. The average molecular weight is 424 g/mol. The van der Waals surface area contributed by atoms with Crippen LogP contribution < -0.4 is 33.6 Å². The van der Waals surface area contributed by atoms with Gasteiger partial charge >= 0.3 is 0 Å². The van der Waals surface area contributed by atoms with Gasteiger partial charge in [0.25, 0.3) is 5.91 Å². The minimum Gasteiger partial charge on any atom is -0.399 e. The second-order valence-electron chi connectivity index (χ2n) is 6.45. The zero-order valence-electron chi connectivity index (χ0n) is 17.1. The van der Waals surface area contributed by atoms with Crippen LogP contribution in [0.1, 0.15) is 23.2 Å². The summed E-state index contributed by atoms with van der Waals surface area (Å²) in [4.78, 5) is 27.5. The summed E-state index contributed by atoms with van der Waals surface area (Å²) in [6.07, 6.45) is 1.12. The van der Waals surface area contributed by atoms with Crippen LogP contribution in [-0.2, 0) is 14.3 Å². The van der Waals surface area contributed by atoms with Crippen LogP contribution in [0.2, 0.25) is 0 Å². The first-order chi connectivity index (χ1) is 14.4. The van der Waals surface area contributed by atoms with E-state index in [9.17, 15) is 9.59 Å². The molecule has 0 saturated carbocycles. The summed E-state index contributed by atoms with van der Waals surface area (Å²) in [5, 5.41) is 5.46. The van der Waals surface area contributed by atoms with Crippen molar-refractivity contribution in [3.05, 3.63) is 29.8 Å². The highest BCUT2D eigenvalue weighted by molar-refractivity contribution is 5.94. The van der Waals surface area contributed by atoms with Gasteiger partial charge in [-0.3, -0.25) is 14.6 Å². The molecule has 168 valence electrons. The van der Waals surface area contributed by atoms with Gasteiger partial charge in [-0.25, -0.2) is 0 Å². The molecule has 1 rings (SSSR count). The van der Waals surface area contributed by atoms with Crippen LogP contribution in [0.25, 0.3) is 0 Å². The number of aliphatic imine (C=N–C) groups is 1. The van der Waals surface area contributed by atoms with Crippen molar-refractivity contribution >= 4 is 23.5 Å². The molecule has 0 heterocycles. The third-order valence-electron chi connectivity index (χ3n) is 3.93. The number of carbonyl (C=O) groups excluding carboxylic acids is 2. The second kappa shape index (κ2) is 15.0. The number of rotatable bonds is 15. The first-order valence-corrected chi connectivity index (χ1v) is 9.78. The van der Waals surface area contributed by atoms with Gasteiger partial charge in [-0.1, -0.05) is 0 Å². The fourth-order valence-electron chi connectivity index (χ4n) is 2.32. The largest absolute Gasteiger partial charge is 0.399 e. The molecule has 0 fully saturated rings. The standard InChI is InChI=1S/C19H33N7O4/c20-15-5-3-14(4-6-15)17(27)24-8-10-29-12-13-30-11-9-25-18(28)16(21)2-1-7-26-19(22)23/h3-6,16H,1-2,7-13,20-21H2,(H,24,27)(H,25,28)(H4,22,23,26). The number of ether oxygens (including phenoxy) is 2. The molecule has 10 N–H and O–H groups in total. The molecule has 0 saturated heterocycles. The van der Waals surface area contributed by atoms with E-state index in [0.717, 1.165) is 0 Å². The molecular formula is C19H33N7O4. The fourth-order valence-corrected chi connectivity index (χ4v) is 2.32. The number of nitrogens with one attached hydrogen (secondary N) is 2. The van der Waals surface area contributed by atoms with Crippen molar-refractivity contribution in [1.82, 2.24) is 10.6 Å². The summed E-state index contributed by atoms with van der Waals surface area (Å²) < 4.78 is 10.8. The van der Waals surface area contributed by atoms with Crippen LogP contribution in [0, 0.1) is 0 Å². The molecule has 1 atom stereocenters. The van der Waals surface area contributed by atoms with E-state index in [4.69, 9.17) is 32.4 Å². The molecule has 0 aliphatic carbocycles. The lowest BCUT2D eigenvalue weighted by molar-refractivity contribution is -0.122. The number of amides is 2. The first-order valence-electron chi connectivity index (χ1n) is 9.78. The van der Waals surface area contributed by atoms with Gasteiger partial charge < -0.3 is 43.0 Å². The Bertz CT molecular complexity index is 663. The maximum atomic E-state index is 11.9. The smallest absolute Gasteiger partial charge is 0.251 e. The van der Waals surface area contributed by atoms with Crippen molar-refractivity contribution in [1.29, 1.82) is 0 Å². The Kier molecular flexibility index (Phi) is 12.6. The van der Waals surface area contributed by atoms with Crippen LogP contribution in [0.3, 0.4) is 0 Å². The lowest BCUT2D eigenvalue weighted by Crippen LogP contribution is -2.42. The predicted octanol–water partition coefficient (Wildman–Crippen LogP) is -1.47. The molecule has 1 aromatic carbocycles. The van der Waals surface area contributed by atoms with Crippen molar-refractivity contribution in [3.63, 3.8) is 0 Å². The molecule has 0 aliphatic rings. The van der Waals surface area contributed by atoms with Crippen molar-refractivity contribution in [2.75, 3.05) is 51.8 Å². The van der Waals surface area contributed by atoms with E-state index in [2.05, 4.69) is 15.6 Å². The lowest BCUT2D eigenvalue weighted by Gasteiger charge is -2.12. The van der Waals surface area contributed by atoms with Gasteiger partial charge in [-0.05, 0) is 37.1 Å². The average Bonchev–Trinajstić information content (AvgIpc) is 2.72.